The number of likely N-dealkylation sites (N-methyl/N-ethyl adjacent to an activating group) is 2. The summed E-state index contributed by atoms with van der Waals surface area (Å²) in [5, 5.41) is 2.90. The second kappa shape index (κ2) is 9.10. The SMILES string of the molecule is CCN1CCN(c2ccc(NC(=O)CN3C(=O)N(C)C4(CCCCC4)C3=O)c(C)c2)CC1. The maximum Gasteiger partial charge on any atom is 0.327 e. The molecule has 0 aromatic heterocycles. The van der Waals surface area contributed by atoms with E-state index in [0.717, 1.165) is 68.1 Å². The smallest absolute Gasteiger partial charge is 0.327 e. The maximum absolute atomic E-state index is 13.1. The number of nitrogens with zero attached hydrogens (tertiary/aromatic N) is 4. The number of piperazine rings is 1. The van der Waals surface area contributed by atoms with Crippen molar-refractivity contribution < 1.29 is 14.4 Å². The molecule has 2 aliphatic heterocycles. The average Bonchev–Trinajstić information content (AvgIpc) is 2.97. The minimum Gasteiger partial charge on any atom is -0.369 e. The van der Waals surface area contributed by atoms with Gasteiger partial charge >= 0.3 is 6.03 Å². The normalized spacial score (nSPS) is 21.5. The van der Waals surface area contributed by atoms with Crippen molar-refractivity contribution >= 4 is 29.2 Å². The number of carbonyl (C=O) groups is 3. The zero-order valence-electron chi connectivity index (χ0n) is 19.5. The van der Waals surface area contributed by atoms with Crippen LogP contribution in [0.2, 0.25) is 0 Å². The molecule has 3 fully saturated rings. The molecule has 0 bridgehead atoms. The van der Waals surface area contributed by atoms with E-state index in [-0.39, 0.29) is 24.4 Å². The fraction of sp³-hybridized carbons (Fsp3) is 0.625. The van der Waals surface area contributed by atoms with E-state index in [1.165, 1.54) is 0 Å². The molecule has 3 aliphatic rings. The number of imide groups is 1. The fourth-order valence-corrected chi connectivity index (χ4v) is 5.31. The van der Waals surface area contributed by atoms with Gasteiger partial charge in [-0.05, 0) is 50.1 Å². The number of carbonyl (C=O) groups excluding carboxylic acids is 3. The van der Waals surface area contributed by atoms with Crippen LogP contribution in [0.25, 0.3) is 0 Å². The lowest BCUT2D eigenvalue weighted by atomic mass is 9.81. The number of nitrogens with one attached hydrogen (secondary N) is 1. The third-order valence-electron chi connectivity index (χ3n) is 7.45. The molecule has 0 atom stereocenters. The van der Waals surface area contributed by atoms with Gasteiger partial charge in [-0.15, -0.1) is 0 Å². The largest absolute Gasteiger partial charge is 0.369 e. The Morgan fingerprint density at radius 2 is 1.75 bits per heavy atom. The van der Waals surface area contributed by atoms with Gasteiger partial charge in [-0.25, -0.2) is 4.79 Å². The van der Waals surface area contributed by atoms with Crippen LogP contribution in [-0.4, -0.2) is 84.4 Å². The molecule has 1 saturated carbocycles. The third-order valence-corrected chi connectivity index (χ3v) is 7.45. The molecule has 1 aromatic carbocycles. The van der Waals surface area contributed by atoms with Crippen LogP contribution in [0.3, 0.4) is 0 Å². The summed E-state index contributed by atoms with van der Waals surface area (Å²) < 4.78 is 0. The Morgan fingerprint density at radius 1 is 1.06 bits per heavy atom. The van der Waals surface area contributed by atoms with E-state index in [2.05, 4.69) is 28.1 Å². The number of amides is 4. The molecule has 4 amide bonds. The van der Waals surface area contributed by atoms with Crippen molar-refractivity contribution in [3.63, 3.8) is 0 Å². The molecule has 1 N–H and O–H groups in total. The van der Waals surface area contributed by atoms with E-state index in [9.17, 15) is 14.4 Å². The van der Waals surface area contributed by atoms with Crippen molar-refractivity contribution in [3.8, 4) is 0 Å². The van der Waals surface area contributed by atoms with Gasteiger partial charge in [0.05, 0.1) is 0 Å². The Labute approximate surface area is 190 Å². The topological polar surface area (TPSA) is 76.2 Å². The fourth-order valence-electron chi connectivity index (χ4n) is 5.31. The molecule has 8 heteroatoms. The zero-order chi connectivity index (χ0) is 22.9. The predicted octanol–water partition coefficient (Wildman–Crippen LogP) is 2.67. The molecule has 2 heterocycles. The van der Waals surface area contributed by atoms with Gasteiger partial charge in [0.1, 0.15) is 12.1 Å². The summed E-state index contributed by atoms with van der Waals surface area (Å²) in [6, 6.07) is 5.66. The van der Waals surface area contributed by atoms with Crippen LogP contribution in [-0.2, 0) is 9.59 Å². The van der Waals surface area contributed by atoms with E-state index in [4.69, 9.17) is 0 Å². The number of hydrogen-bond donors (Lipinski definition) is 1. The molecule has 174 valence electrons. The van der Waals surface area contributed by atoms with Gasteiger partial charge in [0, 0.05) is 44.6 Å². The van der Waals surface area contributed by atoms with Gasteiger partial charge in [0.2, 0.25) is 5.91 Å². The number of urea groups is 1. The highest BCUT2D eigenvalue weighted by atomic mass is 16.2. The number of anilines is 2. The standard InChI is InChI=1S/C24H35N5O3/c1-4-27-12-14-28(15-13-27)19-8-9-20(18(2)16-19)25-21(30)17-29-22(31)24(26(3)23(29)32)10-6-5-7-11-24/h8-9,16H,4-7,10-15,17H2,1-3H3,(H,25,30). The van der Waals surface area contributed by atoms with Crippen molar-refractivity contribution in [2.75, 3.05) is 56.5 Å². The van der Waals surface area contributed by atoms with E-state index in [0.29, 0.717) is 18.5 Å². The number of hydrogen-bond acceptors (Lipinski definition) is 5. The third kappa shape index (κ3) is 4.08. The minimum atomic E-state index is -0.755. The molecule has 1 spiro atoms. The minimum absolute atomic E-state index is 0.224. The number of benzene rings is 1. The van der Waals surface area contributed by atoms with Crippen LogP contribution in [0.1, 0.15) is 44.6 Å². The Morgan fingerprint density at radius 3 is 2.38 bits per heavy atom. The van der Waals surface area contributed by atoms with Crippen molar-refractivity contribution in [2.24, 2.45) is 0 Å². The highest BCUT2D eigenvalue weighted by Crippen LogP contribution is 2.39. The van der Waals surface area contributed by atoms with E-state index >= 15 is 0 Å². The Bertz CT molecular complexity index is 888. The van der Waals surface area contributed by atoms with Gasteiger partial charge in [-0.2, -0.15) is 0 Å². The van der Waals surface area contributed by atoms with E-state index in [1.807, 2.05) is 19.1 Å². The molecule has 0 radical (unpaired) electrons. The molecule has 1 aromatic rings. The number of rotatable bonds is 5. The molecule has 8 nitrogen and oxygen atoms in total. The first kappa shape index (κ1) is 22.6. The monoisotopic (exact) mass is 441 g/mol. The van der Waals surface area contributed by atoms with Gasteiger partial charge in [0.15, 0.2) is 0 Å². The summed E-state index contributed by atoms with van der Waals surface area (Å²) in [6.45, 7) is 9.09. The molecule has 32 heavy (non-hydrogen) atoms. The van der Waals surface area contributed by atoms with Gasteiger partial charge in [-0.1, -0.05) is 26.2 Å². The second-order valence-electron chi connectivity index (χ2n) is 9.29. The first-order chi connectivity index (χ1) is 15.4. The summed E-state index contributed by atoms with van der Waals surface area (Å²) in [6.07, 6.45) is 4.31. The molecule has 4 rings (SSSR count). The number of aryl methyl sites for hydroxylation is 1. The van der Waals surface area contributed by atoms with E-state index in [1.54, 1.807) is 11.9 Å². The van der Waals surface area contributed by atoms with Gasteiger partial charge in [0.25, 0.3) is 5.91 Å². The quantitative estimate of drug-likeness (QED) is 0.711. The van der Waals surface area contributed by atoms with Crippen molar-refractivity contribution in [1.82, 2.24) is 14.7 Å². The predicted molar refractivity (Wildman–Crippen MR) is 125 cm³/mol. The van der Waals surface area contributed by atoms with Gasteiger partial charge in [-0.3, -0.25) is 14.5 Å². The molecule has 2 saturated heterocycles. The highest BCUT2D eigenvalue weighted by Gasteiger charge is 2.55. The van der Waals surface area contributed by atoms with Crippen molar-refractivity contribution in [2.45, 2.75) is 51.5 Å². The van der Waals surface area contributed by atoms with E-state index < -0.39 is 5.54 Å². The Balaban J connectivity index is 1.39. The molecule has 0 unspecified atom stereocenters. The molecule has 1 aliphatic carbocycles. The summed E-state index contributed by atoms with van der Waals surface area (Å²) in [5.74, 6) is -0.571. The first-order valence-electron chi connectivity index (χ1n) is 11.8. The van der Waals surface area contributed by atoms with Gasteiger partial charge < -0.3 is 20.0 Å². The van der Waals surface area contributed by atoms with Crippen molar-refractivity contribution in [3.05, 3.63) is 23.8 Å². The average molecular weight is 442 g/mol. The van der Waals surface area contributed by atoms with Crippen LogP contribution < -0.4 is 10.2 Å². The zero-order valence-corrected chi connectivity index (χ0v) is 19.5. The summed E-state index contributed by atoms with van der Waals surface area (Å²) in [4.78, 5) is 46.1. The summed E-state index contributed by atoms with van der Waals surface area (Å²) in [5.41, 5.74) is 2.08. The molecular weight excluding hydrogens is 406 g/mol. The highest BCUT2D eigenvalue weighted by molar-refractivity contribution is 6.10. The Hall–Kier alpha value is -2.61. The van der Waals surface area contributed by atoms with Crippen LogP contribution >= 0.6 is 0 Å². The Kier molecular flexibility index (Phi) is 6.42. The van der Waals surface area contributed by atoms with Crippen molar-refractivity contribution in [1.29, 1.82) is 0 Å². The maximum atomic E-state index is 13.1. The van der Waals surface area contributed by atoms with Crippen LogP contribution in [0, 0.1) is 6.92 Å². The van der Waals surface area contributed by atoms with Crippen LogP contribution in [0.4, 0.5) is 16.2 Å². The lowest BCUT2D eigenvalue weighted by Gasteiger charge is -2.35. The first-order valence-corrected chi connectivity index (χ1v) is 11.8. The lowest BCUT2D eigenvalue weighted by Crippen LogP contribution is -2.49. The second-order valence-corrected chi connectivity index (χ2v) is 9.29. The summed E-state index contributed by atoms with van der Waals surface area (Å²) in [7, 11) is 1.69. The summed E-state index contributed by atoms with van der Waals surface area (Å²) >= 11 is 0. The molecular formula is C24H35N5O3. The lowest BCUT2D eigenvalue weighted by molar-refractivity contribution is -0.136. The van der Waals surface area contributed by atoms with Crippen LogP contribution in [0.5, 0.6) is 0 Å². The van der Waals surface area contributed by atoms with Crippen LogP contribution in [0.15, 0.2) is 18.2 Å².